The summed E-state index contributed by atoms with van der Waals surface area (Å²) in [6.07, 6.45) is 4.06. The molecule has 1 aliphatic heterocycles. The zero-order valence-electron chi connectivity index (χ0n) is 20.8. The van der Waals surface area contributed by atoms with Crippen LogP contribution in [0.25, 0.3) is 0 Å². The maximum atomic E-state index is 14.4. The molecule has 1 amide bonds. The largest absolute Gasteiger partial charge is 0.493 e. The van der Waals surface area contributed by atoms with E-state index in [4.69, 9.17) is 10.5 Å². The number of nitrogens with two attached hydrogens (primary N) is 1. The van der Waals surface area contributed by atoms with Crippen molar-refractivity contribution in [2.75, 3.05) is 32.8 Å². The van der Waals surface area contributed by atoms with Crippen LogP contribution in [-0.4, -0.2) is 60.6 Å². The van der Waals surface area contributed by atoms with Crippen LogP contribution in [0.4, 0.5) is 4.39 Å². The van der Waals surface area contributed by atoms with Gasteiger partial charge in [0.05, 0.1) is 12.6 Å². The van der Waals surface area contributed by atoms with E-state index in [9.17, 15) is 9.18 Å². The van der Waals surface area contributed by atoms with Crippen LogP contribution in [0.3, 0.4) is 0 Å². The maximum Gasteiger partial charge on any atom is 0.239 e. The Bertz CT molecular complexity index is 941. The second-order valence-corrected chi connectivity index (χ2v) is 9.75. The highest BCUT2D eigenvalue weighted by molar-refractivity contribution is 5.82. The Labute approximate surface area is 208 Å². The number of piperazine rings is 1. The minimum atomic E-state index is -0.437. The average molecular weight is 483 g/mol. The van der Waals surface area contributed by atoms with Gasteiger partial charge < -0.3 is 20.7 Å². The molecule has 6 nitrogen and oxygen atoms in total. The number of halogens is 1. The van der Waals surface area contributed by atoms with Crippen LogP contribution in [0.2, 0.25) is 0 Å². The van der Waals surface area contributed by atoms with Gasteiger partial charge in [-0.15, -0.1) is 0 Å². The topological polar surface area (TPSA) is 70.8 Å². The van der Waals surface area contributed by atoms with Gasteiger partial charge >= 0.3 is 0 Å². The molecule has 4 rings (SSSR count). The molecule has 2 fully saturated rings. The lowest BCUT2D eigenvalue weighted by Gasteiger charge is -2.38. The molecule has 0 aromatic heterocycles. The number of rotatable bonds is 9. The van der Waals surface area contributed by atoms with E-state index in [-0.39, 0.29) is 17.6 Å². The van der Waals surface area contributed by atoms with Crippen LogP contribution in [-0.2, 0) is 17.9 Å². The van der Waals surface area contributed by atoms with E-state index in [1.54, 1.807) is 6.07 Å². The molecule has 0 radical (unpaired) electrons. The average Bonchev–Trinajstić information content (AvgIpc) is 2.90. The fourth-order valence-corrected chi connectivity index (χ4v) is 5.29. The van der Waals surface area contributed by atoms with E-state index in [0.29, 0.717) is 56.7 Å². The molecular weight excluding hydrogens is 443 g/mol. The van der Waals surface area contributed by atoms with Crippen molar-refractivity contribution >= 4 is 5.91 Å². The van der Waals surface area contributed by atoms with Gasteiger partial charge in [-0.2, -0.15) is 0 Å². The molecule has 7 heteroatoms. The van der Waals surface area contributed by atoms with Gasteiger partial charge in [0.1, 0.15) is 11.6 Å². The molecule has 0 spiro atoms. The summed E-state index contributed by atoms with van der Waals surface area (Å²) in [5.41, 5.74) is 8.36. The lowest BCUT2D eigenvalue weighted by Crippen LogP contribution is -2.55. The smallest absolute Gasteiger partial charge is 0.239 e. The van der Waals surface area contributed by atoms with Crippen molar-refractivity contribution in [1.29, 1.82) is 0 Å². The van der Waals surface area contributed by atoms with Crippen molar-refractivity contribution in [2.45, 2.75) is 57.8 Å². The summed E-state index contributed by atoms with van der Waals surface area (Å²) in [5.74, 6) is 0.654. The third kappa shape index (κ3) is 6.81. The Balaban J connectivity index is 1.21. The van der Waals surface area contributed by atoms with E-state index < -0.39 is 6.04 Å². The SMILES string of the molecule is CCOc1cccc(F)c1CN1CCN(C(=O)[C@H](N)C2CCC(NCc3ccccc3)CC2)CC1. The molecule has 0 bridgehead atoms. The number of nitrogens with zero attached hydrogens (tertiary/aromatic N) is 2. The van der Waals surface area contributed by atoms with Crippen LogP contribution in [0.5, 0.6) is 5.75 Å². The van der Waals surface area contributed by atoms with Gasteiger partial charge in [0.25, 0.3) is 0 Å². The molecular formula is C28H39FN4O2. The zero-order chi connectivity index (χ0) is 24.6. The van der Waals surface area contributed by atoms with Crippen LogP contribution in [0, 0.1) is 11.7 Å². The Hall–Kier alpha value is -2.48. The van der Waals surface area contributed by atoms with Crippen LogP contribution >= 0.6 is 0 Å². The molecule has 0 unspecified atom stereocenters. The van der Waals surface area contributed by atoms with Crippen LogP contribution < -0.4 is 15.8 Å². The number of ether oxygens (including phenoxy) is 1. The summed E-state index contributed by atoms with van der Waals surface area (Å²) in [6.45, 7) is 6.42. The quantitative estimate of drug-likeness (QED) is 0.572. The number of nitrogens with one attached hydrogen (secondary N) is 1. The molecule has 1 saturated carbocycles. The third-order valence-electron chi connectivity index (χ3n) is 7.44. The monoisotopic (exact) mass is 482 g/mol. The fourth-order valence-electron chi connectivity index (χ4n) is 5.29. The Morgan fingerprint density at radius 1 is 1.06 bits per heavy atom. The standard InChI is InChI=1S/C28H39FN4O2/c1-2-35-26-10-6-9-25(29)24(26)20-32-15-17-33(18-16-32)28(34)27(30)22-11-13-23(14-12-22)31-19-21-7-4-3-5-8-21/h3-10,22-23,27,31H,2,11-20,30H2,1H3/t22?,23?,27-/m1/s1. The minimum absolute atomic E-state index is 0.0613. The predicted molar refractivity (Wildman–Crippen MR) is 136 cm³/mol. The predicted octanol–water partition coefficient (Wildman–Crippen LogP) is 3.54. The molecule has 3 N–H and O–H groups in total. The number of carbonyl (C=O) groups is 1. The molecule has 35 heavy (non-hydrogen) atoms. The van der Waals surface area contributed by atoms with Gasteiger partial charge in [-0.3, -0.25) is 9.69 Å². The minimum Gasteiger partial charge on any atom is -0.493 e. The Morgan fingerprint density at radius 3 is 2.46 bits per heavy atom. The van der Waals surface area contributed by atoms with Crippen molar-refractivity contribution < 1.29 is 13.9 Å². The summed E-state index contributed by atoms with van der Waals surface area (Å²) in [6, 6.07) is 15.5. The Morgan fingerprint density at radius 2 is 1.77 bits per heavy atom. The summed E-state index contributed by atoms with van der Waals surface area (Å²) < 4.78 is 20.0. The second-order valence-electron chi connectivity index (χ2n) is 9.75. The van der Waals surface area contributed by atoms with Gasteiger partial charge in [0.2, 0.25) is 5.91 Å². The number of benzene rings is 2. The number of carbonyl (C=O) groups excluding carboxylic acids is 1. The van der Waals surface area contributed by atoms with Crippen LogP contribution in [0.1, 0.15) is 43.7 Å². The lowest BCUT2D eigenvalue weighted by molar-refractivity contribution is -0.136. The van der Waals surface area contributed by atoms with Crippen LogP contribution in [0.15, 0.2) is 48.5 Å². The summed E-state index contributed by atoms with van der Waals surface area (Å²) >= 11 is 0. The first-order valence-electron chi connectivity index (χ1n) is 13.0. The van der Waals surface area contributed by atoms with Gasteiger partial charge in [-0.25, -0.2) is 4.39 Å². The lowest BCUT2D eigenvalue weighted by atomic mass is 9.81. The van der Waals surface area contributed by atoms with E-state index in [1.165, 1.54) is 11.6 Å². The van der Waals surface area contributed by atoms with Crippen molar-refractivity contribution in [3.8, 4) is 5.75 Å². The highest BCUT2D eigenvalue weighted by Crippen LogP contribution is 2.28. The first-order chi connectivity index (χ1) is 17.0. The van der Waals surface area contributed by atoms with Crippen molar-refractivity contribution in [1.82, 2.24) is 15.1 Å². The van der Waals surface area contributed by atoms with Gasteiger partial charge in [-0.1, -0.05) is 36.4 Å². The molecule has 1 aliphatic carbocycles. The summed E-state index contributed by atoms with van der Waals surface area (Å²) in [4.78, 5) is 17.2. The summed E-state index contributed by atoms with van der Waals surface area (Å²) in [7, 11) is 0. The Kier molecular flexibility index (Phi) is 9.12. The van der Waals surface area contributed by atoms with Crippen molar-refractivity contribution in [3.63, 3.8) is 0 Å². The van der Waals surface area contributed by atoms with E-state index in [0.717, 1.165) is 32.2 Å². The molecule has 1 saturated heterocycles. The zero-order valence-corrected chi connectivity index (χ0v) is 20.8. The number of amides is 1. The van der Waals surface area contributed by atoms with E-state index >= 15 is 0 Å². The van der Waals surface area contributed by atoms with Crippen molar-refractivity contribution in [3.05, 3.63) is 65.5 Å². The molecule has 2 aliphatic rings. The molecule has 1 heterocycles. The van der Waals surface area contributed by atoms with Gasteiger partial charge in [0, 0.05) is 50.9 Å². The summed E-state index contributed by atoms with van der Waals surface area (Å²) in [5, 5.41) is 3.65. The van der Waals surface area contributed by atoms with E-state index in [1.807, 2.05) is 24.0 Å². The highest BCUT2D eigenvalue weighted by Gasteiger charge is 2.33. The van der Waals surface area contributed by atoms with Gasteiger partial charge in [-0.05, 0) is 56.2 Å². The molecule has 1 atom stereocenters. The highest BCUT2D eigenvalue weighted by atomic mass is 19.1. The molecule has 190 valence electrons. The number of hydrogen-bond acceptors (Lipinski definition) is 5. The van der Waals surface area contributed by atoms with Gasteiger partial charge in [0.15, 0.2) is 0 Å². The molecule has 2 aromatic carbocycles. The first-order valence-corrected chi connectivity index (χ1v) is 13.0. The second kappa shape index (κ2) is 12.5. The number of hydrogen-bond donors (Lipinski definition) is 2. The van der Waals surface area contributed by atoms with E-state index in [2.05, 4.69) is 34.5 Å². The maximum absolute atomic E-state index is 14.4. The first kappa shape index (κ1) is 25.6. The fraction of sp³-hybridized carbons (Fsp3) is 0.536. The molecule has 2 aromatic rings. The normalized spacial score (nSPS) is 22.1. The third-order valence-corrected chi connectivity index (χ3v) is 7.44. The van der Waals surface area contributed by atoms with Crippen molar-refractivity contribution in [2.24, 2.45) is 11.7 Å².